The summed E-state index contributed by atoms with van der Waals surface area (Å²) >= 11 is 1.43. The average Bonchev–Trinajstić information content (AvgIpc) is 3.25. The Morgan fingerprint density at radius 2 is 1.96 bits per heavy atom. The lowest BCUT2D eigenvalue weighted by molar-refractivity contribution is -0.136. The number of rotatable bonds is 8. The Balaban J connectivity index is 1.99. The van der Waals surface area contributed by atoms with E-state index in [-0.39, 0.29) is 17.5 Å². The van der Waals surface area contributed by atoms with Gasteiger partial charge in [-0.2, -0.15) is 0 Å². The van der Waals surface area contributed by atoms with Gasteiger partial charge in [-0.3, -0.25) is 14.5 Å². The van der Waals surface area contributed by atoms with Gasteiger partial charge in [0, 0.05) is 25.1 Å². The highest BCUT2D eigenvalue weighted by molar-refractivity contribution is 7.11. The highest BCUT2D eigenvalue weighted by atomic mass is 32.1. The second-order valence-corrected chi connectivity index (χ2v) is 7.11. The zero-order chi connectivity index (χ0) is 19.4. The van der Waals surface area contributed by atoms with Crippen molar-refractivity contribution in [2.45, 2.75) is 13.3 Å². The van der Waals surface area contributed by atoms with Crippen LogP contribution in [0.3, 0.4) is 0 Å². The lowest BCUT2D eigenvalue weighted by Gasteiger charge is -2.15. The monoisotopic (exact) mass is 386 g/mol. The third-order valence-corrected chi connectivity index (χ3v) is 5.17. The Hall–Kier alpha value is -2.64. The van der Waals surface area contributed by atoms with Gasteiger partial charge in [0.15, 0.2) is 0 Å². The molecule has 1 aromatic heterocycles. The Morgan fingerprint density at radius 1 is 1.15 bits per heavy atom. The van der Waals surface area contributed by atoms with Gasteiger partial charge in [-0.15, -0.1) is 11.3 Å². The maximum Gasteiger partial charge on any atom is 0.278 e. The quantitative estimate of drug-likeness (QED) is 0.557. The smallest absolute Gasteiger partial charge is 0.278 e. The van der Waals surface area contributed by atoms with E-state index in [1.807, 2.05) is 42.6 Å². The fourth-order valence-corrected chi connectivity index (χ4v) is 3.73. The molecule has 2 amide bonds. The van der Waals surface area contributed by atoms with E-state index in [4.69, 9.17) is 9.47 Å². The first-order valence-electron chi connectivity index (χ1n) is 8.61. The van der Waals surface area contributed by atoms with Gasteiger partial charge >= 0.3 is 0 Å². The van der Waals surface area contributed by atoms with Crippen LogP contribution in [0.25, 0.3) is 5.57 Å². The normalized spacial score (nSPS) is 14.3. The van der Waals surface area contributed by atoms with Crippen LogP contribution in [0.5, 0.6) is 5.75 Å². The average molecular weight is 386 g/mol. The van der Waals surface area contributed by atoms with Crippen LogP contribution in [0.1, 0.15) is 16.9 Å². The van der Waals surface area contributed by atoms with Crippen LogP contribution in [0.2, 0.25) is 0 Å². The lowest BCUT2D eigenvalue weighted by Crippen LogP contribution is -2.33. The van der Waals surface area contributed by atoms with Crippen LogP contribution in [-0.2, 0) is 14.3 Å². The molecular formula is C20H22N2O4S. The second kappa shape index (κ2) is 8.37. The third-order valence-electron chi connectivity index (χ3n) is 4.28. The first-order chi connectivity index (χ1) is 13.1. The molecule has 0 bridgehead atoms. The molecular weight excluding hydrogens is 364 g/mol. The summed E-state index contributed by atoms with van der Waals surface area (Å²) in [6.45, 7) is 2.76. The maximum atomic E-state index is 13.0. The van der Waals surface area contributed by atoms with Gasteiger partial charge in [0.2, 0.25) is 0 Å². The van der Waals surface area contributed by atoms with E-state index >= 15 is 0 Å². The van der Waals surface area contributed by atoms with Crippen LogP contribution in [-0.4, -0.2) is 44.1 Å². The maximum absolute atomic E-state index is 13.0. The summed E-state index contributed by atoms with van der Waals surface area (Å²) in [5.41, 5.74) is 2.35. The molecule has 1 aliphatic heterocycles. The molecule has 2 aromatic rings. The Morgan fingerprint density at radius 3 is 2.63 bits per heavy atom. The van der Waals surface area contributed by atoms with Gasteiger partial charge in [-0.1, -0.05) is 12.1 Å². The van der Waals surface area contributed by atoms with Crippen molar-refractivity contribution in [2.24, 2.45) is 0 Å². The summed E-state index contributed by atoms with van der Waals surface area (Å²) in [6.07, 6.45) is 0.590. The highest BCUT2D eigenvalue weighted by Crippen LogP contribution is 2.35. The Labute approximate surface area is 162 Å². The minimum absolute atomic E-state index is 0.281. The molecule has 27 heavy (non-hydrogen) atoms. The molecule has 0 fully saturated rings. The fourth-order valence-electron chi connectivity index (χ4n) is 2.97. The fraction of sp³-hybridized carbons (Fsp3) is 0.300. The number of nitrogens with zero attached hydrogens (tertiary/aromatic N) is 1. The van der Waals surface area contributed by atoms with Crippen molar-refractivity contribution in [1.29, 1.82) is 0 Å². The molecule has 142 valence electrons. The number of aryl methyl sites for hydroxylation is 1. The zero-order valence-corrected chi connectivity index (χ0v) is 16.4. The Kier molecular flexibility index (Phi) is 5.93. The summed E-state index contributed by atoms with van der Waals surface area (Å²) in [6, 6.07) is 9.36. The lowest BCUT2D eigenvalue weighted by atomic mass is 10.1. The minimum atomic E-state index is -0.330. The van der Waals surface area contributed by atoms with Crippen LogP contribution in [0.15, 0.2) is 41.4 Å². The first kappa shape index (κ1) is 19.1. The van der Waals surface area contributed by atoms with Crippen molar-refractivity contribution in [3.8, 4) is 5.75 Å². The summed E-state index contributed by atoms with van der Waals surface area (Å²) in [5.74, 6) is -0.00699. The summed E-state index contributed by atoms with van der Waals surface area (Å²) in [4.78, 5) is 28.0. The van der Waals surface area contributed by atoms with Crippen molar-refractivity contribution in [3.05, 3.63) is 51.8 Å². The second-order valence-electron chi connectivity index (χ2n) is 6.16. The van der Waals surface area contributed by atoms with Crippen LogP contribution in [0.4, 0.5) is 5.69 Å². The molecule has 1 aromatic carbocycles. The number of ether oxygens (including phenoxy) is 2. The molecule has 0 radical (unpaired) electrons. The molecule has 0 saturated heterocycles. The van der Waals surface area contributed by atoms with Gasteiger partial charge in [-0.05, 0) is 42.5 Å². The molecule has 0 atom stereocenters. The van der Waals surface area contributed by atoms with E-state index in [2.05, 4.69) is 5.32 Å². The SMILES string of the molecule is COCCCN1C(=O)C(Nc2cc(C)ccc2OC)=C(c2cccs2)C1=O. The summed E-state index contributed by atoms with van der Waals surface area (Å²) in [7, 11) is 3.17. The zero-order valence-electron chi connectivity index (χ0n) is 15.6. The Bertz CT molecular complexity index is 874. The number of carbonyl (C=O) groups is 2. The third kappa shape index (κ3) is 3.89. The number of thiophene rings is 1. The molecule has 2 heterocycles. The molecule has 0 unspecified atom stereocenters. The number of benzene rings is 1. The van der Waals surface area contributed by atoms with Gasteiger partial charge in [-0.25, -0.2) is 0 Å². The molecule has 7 heteroatoms. The van der Waals surface area contributed by atoms with Gasteiger partial charge < -0.3 is 14.8 Å². The largest absolute Gasteiger partial charge is 0.495 e. The molecule has 0 saturated carbocycles. The van der Waals surface area contributed by atoms with E-state index in [1.165, 1.54) is 16.2 Å². The van der Waals surface area contributed by atoms with Crippen LogP contribution >= 0.6 is 11.3 Å². The van der Waals surface area contributed by atoms with E-state index in [0.717, 1.165) is 10.4 Å². The van der Waals surface area contributed by atoms with Gasteiger partial charge in [0.1, 0.15) is 11.4 Å². The molecule has 0 aliphatic carbocycles. The molecule has 1 N–H and O–H groups in total. The van der Waals surface area contributed by atoms with E-state index < -0.39 is 0 Å². The number of carbonyl (C=O) groups excluding carboxylic acids is 2. The van der Waals surface area contributed by atoms with Crippen molar-refractivity contribution < 1.29 is 19.1 Å². The predicted molar refractivity (Wildman–Crippen MR) is 106 cm³/mol. The molecule has 3 rings (SSSR count). The number of anilines is 1. The topological polar surface area (TPSA) is 67.9 Å². The first-order valence-corrected chi connectivity index (χ1v) is 9.49. The number of methoxy groups -OCH3 is 2. The van der Waals surface area contributed by atoms with Crippen molar-refractivity contribution in [3.63, 3.8) is 0 Å². The predicted octanol–water partition coefficient (Wildman–Crippen LogP) is 3.29. The van der Waals surface area contributed by atoms with E-state index in [1.54, 1.807) is 14.2 Å². The number of hydrogen-bond donors (Lipinski definition) is 1. The van der Waals surface area contributed by atoms with Gasteiger partial charge in [0.05, 0.1) is 18.4 Å². The molecule has 6 nitrogen and oxygen atoms in total. The summed E-state index contributed by atoms with van der Waals surface area (Å²) < 4.78 is 10.4. The van der Waals surface area contributed by atoms with E-state index in [9.17, 15) is 9.59 Å². The molecule has 0 spiro atoms. The van der Waals surface area contributed by atoms with Crippen molar-refractivity contribution in [2.75, 3.05) is 32.7 Å². The number of imide groups is 1. The number of nitrogens with one attached hydrogen (secondary N) is 1. The van der Waals surface area contributed by atoms with Crippen molar-refractivity contribution >= 4 is 34.4 Å². The van der Waals surface area contributed by atoms with E-state index in [0.29, 0.717) is 36.6 Å². The minimum Gasteiger partial charge on any atom is -0.495 e. The molecule has 1 aliphatic rings. The van der Waals surface area contributed by atoms with Crippen LogP contribution in [0, 0.1) is 6.92 Å². The number of amides is 2. The number of hydrogen-bond acceptors (Lipinski definition) is 6. The standard InChI is InChI=1S/C20H22N2O4S/c1-13-7-8-15(26-3)14(12-13)21-18-17(16-6-4-11-27-16)19(23)22(20(18)24)9-5-10-25-2/h4,6-8,11-12,21H,5,9-10H2,1-3H3. The highest BCUT2D eigenvalue weighted by Gasteiger charge is 2.39. The summed E-state index contributed by atoms with van der Waals surface area (Å²) in [5, 5.41) is 5.05. The van der Waals surface area contributed by atoms with Crippen LogP contribution < -0.4 is 10.1 Å². The van der Waals surface area contributed by atoms with Gasteiger partial charge in [0.25, 0.3) is 11.8 Å². The van der Waals surface area contributed by atoms with Crippen molar-refractivity contribution in [1.82, 2.24) is 4.90 Å².